The molecular weight excluding hydrogens is 438 g/mol. The molecule has 0 spiro atoms. The molecule has 1 aliphatic rings. The molecule has 0 bridgehead atoms. The summed E-state index contributed by atoms with van der Waals surface area (Å²) in [5, 5.41) is 7.30. The van der Waals surface area contributed by atoms with Crippen molar-refractivity contribution in [1.82, 2.24) is 25.1 Å². The van der Waals surface area contributed by atoms with Crippen LogP contribution in [0.2, 0.25) is 0 Å². The minimum atomic E-state index is -0.107. The van der Waals surface area contributed by atoms with Crippen molar-refractivity contribution in [3.05, 3.63) is 51.2 Å². The minimum absolute atomic E-state index is 0.107. The maximum atomic E-state index is 11.9. The number of hydrogen-bond donors (Lipinski definition) is 1. The highest BCUT2D eigenvalue weighted by Crippen LogP contribution is 2.30. The molecule has 0 radical (unpaired) electrons. The lowest BCUT2D eigenvalue weighted by atomic mass is 10.2. The highest BCUT2D eigenvalue weighted by Gasteiger charge is 2.20. The molecule has 0 unspecified atom stereocenters. The predicted molar refractivity (Wildman–Crippen MR) is 96.4 cm³/mol. The number of rotatable bonds is 2. The second-order valence-electron chi connectivity index (χ2n) is 5.28. The fraction of sp³-hybridized carbons (Fsp3) is 0.125. The number of amides is 1. The monoisotopic (exact) mass is 447 g/mol. The van der Waals surface area contributed by atoms with Gasteiger partial charge in [-0.2, -0.15) is 5.10 Å². The first-order valence-electron chi connectivity index (χ1n) is 7.27. The van der Waals surface area contributed by atoms with Gasteiger partial charge in [-0.05, 0) is 30.3 Å². The van der Waals surface area contributed by atoms with Gasteiger partial charge >= 0.3 is 0 Å². The topological polar surface area (TPSA) is 72.7 Å². The Labute approximate surface area is 154 Å². The van der Waals surface area contributed by atoms with Gasteiger partial charge in [-0.1, -0.05) is 31.9 Å². The highest BCUT2D eigenvalue weighted by molar-refractivity contribution is 9.11. The van der Waals surface area contributed by atoms with Crippen LogP contribution >= 0.6 is 31.9 Å². The van der Waals surface area contributed by atoms with E-state index in [-0.39, 0.29) is 5.91 Å². The maximum absolute atomic E-state index is 11.9. The van der Waals surface area contributed by atoms with Crippen LogP contribution in [0.1, 0.15) is 10.5 Å². The Bertz CT molecular complexity index is 953. The zero-order valence-electron chi connectivity index (χ0n) is 12.3. The van der Waals surface area contributed by atoms with E-state index in [1.54, 1.807) is 23.0 Å². The van der Waals surface area contributed by atoms with Crippen LogP contribution in [-0.4, -0.2) is 32.2 Å². The SMILES string of the molecule is O=C1NCCn2nc(-c3ccnc(-c4cc(Br)ccc4Br)n3)cc21. The third kappa shape index (κ3) is 2.76. The van der Waals surface area contributed by atoms with E-state index >= 15 is 0 Å². The van der Waals surface area contributed by atoms with Crippen LogP contribution in [0.25, 0.3) is 22.8 Å². The molecule has 0 atom stereocenters. The fourth-order valence-corrected chi connectivity index (χ4v) is 3.35. The molecule has 1 aromatic carbocycles. The van der Waals surface area contributed by atoms with Crippen molar-refractivity contribution in [2.24, 2.45) is 0 Å². The van der Waals surface area contributed by atoms with Gasteiger partial charge in [-0.25, -0.2) is 9.97 Å². The molecule has 1 aliphatic heterocycles. The summed E-state index contributed by atoms with van der Waals surface area (Å²) in [4.78, 5) is 20.9. The van der Waals surface area contributed by atoms with Crippen LogP contribution in [-0.2, 0) is 6.54 Å². The molecule has 3 aromatic rings. The van der Waals surface area contributed by atoms with Crippen LogP contribution in [0.5, 0.6) is 0 Å². The molecule has 0 aliphatic carbocycles. The Morgan fingerprint density at radius 2 is 2.00 bits per heavy atom. The zero-order chi connectivity index (χ0) is 16.7. The van der Waals surface area contributed by atoms with Gasteiger partial charge in [-0.3, -0.25) is 9.48 Å². The van der Waals surface area contributed by atoms with Crippen molar-refractivity contribution in [1.29, 1.82) is 0 Å². The van der Waals surface area contributed by atoms with E-state index in [0.29, 0.717) is 36.0 Å². The molecule has 4 rings (SSSR count). The zero-order valence-corrected chi connectivity index (χ0v) is 15.5. The van der Waals surface area contributed by atoms with Crippen LogP contribution in [0.15, 0.2) is 45.5 Å². The Morgan fingerprint density at radius 3 is 2.83 bits per heavy atom. The largest absolute Gasteiger partial charge is 0.349 e. The predicted octanol–water partition coefficient (Wildman–Crippen LogP) is 3.28. The van der Waals surface area contributed by atoms with E-state index in [1.807, 2.05) is 18.2 Å². The Hall–Kier alpha value is -2.06. The number of carbonyl (C=O) groups excluding carboxylic acids is 1. The number of aromatic nitrogens is 4. The van der Waals surface area contributed by atoms with Crippen molar-refractivity contribution in [2.45, 2.75) is 6.54 Å². The van der Waals surface area contributed by atoms with Crippen LogP contribution in [0.3, 0.4) is 0 Å². The molecule has 3 heterocycles. The summed E-state index contributed by atoms with van der Waals surface area (Å²) in [5.41, 5.74) is 2.78. The van der Waals surface area contributed by atoms with Crippen molar-refractivity contribution in [2.75, 3.05) is 6.54 Å². The van der Waals surface area contributed by atoms with Gasteiger partial charge in [0.2, 0.25) is 0 Å². The summed E-state index contributed by atoms with van der Waals surface area (Å²) in [7, 11) is 0. The minimum Gasteiger partial charge on any atom is -0.349 e. The fourth-order valence-electron chi connectivity index (χ4n) is 2.56. The molecular formula is C16H11Br2N5O. The van der Waals surface area contributed by atoms with Gasteiger partial charge in [0, 0.05) is 27.3 Å². The first-order chi connectivity index (χ1) is 11.6. The molecule has 0 saturated carbocycles. The smallest absolute Gasteiger partial charge is 0.269 e. The van der Waals surface area contributed by atoms with Crippen LogP contribution in [0, 0.1) is 0 Å². The number of carbonyl (C=O) groups is 1. The summed E-state index contributed by atoms with van der Waals surface area (Å²) in [6.07, 6.45) is 1.70. The van der Waals surface area contributed by atoms with Crippen LogP contribution < -0.4 is 5.32 Å². The van der Waals surface area contributed by atoms with Crippen molar-refractivity contribution in [3.8, 4) is 22.8 Å². The molecule has 8 heteroatoms. The lowest BCUT2D eigenvalue weighted by Crippen LogP contribution is -2.35. The normalized spacial score (nSPS) is 13.5. The summed E-state index contributed by atoms with van der Waals surface area (Å²) in [5.74, 6) is 0.486. The molecule has 2 aromatic heterocycles. The number of hydrogen-bond acceptors (Lipinski definition) is 4. The molecule has 1 amide bonds. The van der Waals surface area contributed by atoms with Gasteiger partial charge in [-0.15, -0.1) is 0 Å². The van der Waals surface area contributed by atoms with Gasteiger partial charge in [0.1, 0.15) is 11.4 Å². The third-order valence-electron chi connectivity index (χ3n) is 3.71. The van der Waals surface area contributed by atoms with E-state index in [4.69, 9.17) is 0 Å². The summed E-state index contributed by atoms with van der Waals surface area (Å²) in [6, 6.07) is 9.39. The van der Waals surface area contributed by atoms with E-state index < -0.39 is 0 Å². The number of fused-ring (bicyclic) bond motifs is 1. The van der Waals surface area contributed by atoms with Crippen LogP contribution in [0.4, 0.5) is 0 Å². The average molecular weight is 449 g/mol. The molecule has 6 nitrogen and oxygen atoms in total. The van der Waals surface area contributed by atoms with Crippen molar-refractivity contribution < 1.29 is 4.79 Å². The molecule has 1 N–H and O–H groups in total. The van der Waals surface area contributed by atoms with Gasteiger partial charge in [0.25, 0.3) is 5.91 Å². The molecule has 120 valence electrons. The van der Waals surface area contributed by atoms with E-state index in [9.17, 15) is 4.79 Å². The van der Waals surface area contributed by atoms with Crippen molar-refractivity contribution >= 4 is 37.8 Å². The van der Waals surface area contributed by atoms with Gasteiger partial charge < -0.3 is 5.32 Å². The van der Waals surface area contributed by atoms with Crippen molar-refractivity contribution in [3.63, 3.8) is 0 Å². The third-order valence-corrected chi connectivity index (χ3v) is 4.89. The summed E-state index contributed by atoms with van der Waals surface area (Å²) >= 11 is 6.99. The second kappa shape index (κ2) is 6.10. The quantitative estimate of drug-likeness (QED) is 0.652. The van der Waals surface area contributed by atoms with E-state index in [1.165, 1.54) is 0 Å². The molecule has 0 fully saturated rings. The van der Waals surface area contributed by atoms with E-state index in [2.05, 4.69) is 52.2 Å². The Balaban J connectivity index is 1.78. The average Bonchev–Trinajstić information content (AvgIpc) is 3.03. The second-order valence-corrected chi connectivity index (χ2v) is 7.05. The summed E-state index contributed by atoms with van der Waals surface area (Å²) in [6.45, 7) is 1.25. The van der Waals surface area contributed by atoms with Gasteiger partial charge in [0.15, 0.2) is 5.82 Å². The number of halogens is 2. The standard InChI is InChI=1S/C16H11Br2N5O/c17-9-1-2-11(18)10(7-9)15-19-4-3-12(21-15)13-8-14-16(24)20-5-6-23(14)22-13/h1-4,7-8H,5-6H2,(H,20,24). The molecule has 0 saturated heterocycles. The first-order valence-corrected chi connectivity index (χ1v) is 8.85. The highest BCUT2D eigenvalue weighted by atomic mass is 79.9. The number of benzene rings is 1. The number of nitrogens with zero attached hydrogens (tertiary/aromatic N) is 4. The summed E-state index contributed by atoms with van der Waals surface area (Å²) < 4.78 is 3.57. The van der Waals surface area contributed by atoms with E-state index in [0.717, 1.165) is 14.5 Å². The maximum Gasteiger partial charge on any atom is 0.269 e. The lowest BCUT2D eigenvalue weighted by molar-refractivity contribution is 0.0924. The number of nitrogens with one attached hydrogen (secondary N) is 1. The Kier molecular flexibility index (Phi) is 3.93. The Morgan fingerprint density at radius 1 is 1.12 bits per heavy atom. The van der Waals surface area contributed by atoms with Gasteiger partial charge in [0.05, 0.1) is 12.2 Å². The molecule has 24 heavy (non-hydrogen) atoms. The lowest BCUT2D eigenvalue weighted by Gasteiger charge is -2.13. The first kappa shape index (κ1) is 15.5.